The number of hydrogen-bond donors (Lipinski definition) is 1. The van der Waals surface area contributed by atoms with Gasteiger partial charge in [-0.15, -0.1) is 18.2 Å². The Morgan fingerprint density at radius 2 is 2.25 bits per heavy atom. The summed E-state index contributed by atoms with van der Waals surface area (Å²) in [6, 6.07) is 7.40. The second-order valence-corrected chi connectivity index (χ2v) is 6.99. The molecule has 28 heavy (non-hydrogen) atoms. The minimum Gasteiger partial charge on any atom is -0.470 e. The van der Waals surface area contributed by atoms with Gasteiger partial charge in [0.15, 0.2) is 5.54 Å². The van der Waals surface area contributed by atoms with Crippen molar-refractivity contribution in [3.05, 3.63) is 35.5 Å². The molecule has 2 rings (SSSR count). The van der Waals surface area contributed by atoms with Crippen molar-refractivity contribution in [2.45, 2.75) is 24.8 Å². The van der Waals surface area contributed by atoms with Gasteiger partial charge in [0.1, 0.15) is 12.9 Å². The van der Waals surface area contributed by atoms with Gasteiger partial charge in [0.25, 0.3) is 5.91 Å². The SMILES string of the molecule is C#Cc1cnc2c(C)cc(OC(SC)C(=O)NC(C)(C#N)/C=N/OC)cc2c1. The second kappa shape index (κ2) is 9.12. The quantitative estimate of drug-likeness (QED) is 0.334. The molecule has 7 nitrogen and oxygen atoms in total. The number of aryl methyl sites for hydroxylation is 1. The van der Waals surface area contributed by atoms with Gasteiger partial charge in [-0.2, -0.15) is 5.26 Å². The number of carbonyl (C=O) groups is 1. The molecular formula is C20H20N4O3S. The van der Waals surface area contributed by atoms with Crippen LogP contribution < -0.4 is 10.1 Å². The Bertz CT molecular complexity index is 993. The Hall–Kier alpha value is -3.23. The number of carbonyl (C=O) groups excluding carboxylic acids is 1. The molecule has 0 radical (unpaired) electrons. The summed E-state index contributed by atoms with van der Waals surface area (Å²) in [5, 5.41) is 16.3. The predicted molar refractivity (Wildman–Crippen MR) is 110 cm³/mol. The van der Waals surface area contributed by atoms with Gasteiger partial charge in [-0.1, -0.05) is 11.1 Å². The van der Waals surface area contributed by atoms with Gasteiger partial charge in [0.05, 0.1) is 17.8 Å². The van der Waals surface area contributed by atoms with E-state index in [1.807, 2.05) is 19.1 Å². The zero-order chi connectivity index (χ0) is 20.7. The molecule has 0 saturated heterocycles. The van der Waals surface area contributed by atoms with Crippen LogP contribution in [0.3, 0.4) is 0 Å². The Morgan fingerprint density at radius 3 is 2.86 bits per heavy atom. The Labute approximate surface area is 168 Å². The number of terminal acetylenes is 1. The van der Waals surface area contributed by atoms with Crippen molar-refractivity contribution < 1.29 is 14.4 Å². The molecule has 0 spiro atoms. The van der Waals surface area contributed by atoms with Crippen molar-refractivity contribution in [3.63, 3.8) is 0 Å². The Morgan fingerprint density at radius 1 is 1.50 bits per heavy atom. The molecule has 1 aromatic heterocycles. The van der Waals surface area contributed by atoms with Crippen LogP contribution in [0.5, 0.6) is 5.75 Å². The standard InChI is InChI=1S/C20H20N4O3S/c1-6-14-8-15-9-16(7-13(2)17(15)22-10-14)27-19(28-5)18(25)24-20(3,11-21)12-23-26-4/h1,7-10,12,19H,2-5H3,(H,24,25)/b23-12+. The summed E-state index contributed by atoms with van der Waals surface area (Å²) in [5.74, 6) is 2.59. The third-order valence-electron chi connectivity index (χ3n) is 3.82. The highest BCUT2D eigenvalue weighted by Crippen LogP contribution is 2.26. The number of nitrogens with one attached hydrogen (secondary N) is 1. The van der Waals surface area contributed by atoms with Gasteiger partial charge in [0, 0.05) is 17.1 Å². The number of ether oxygens (including phenoxy) is 1. The number of thioether (sulfide) groups is 1. The van der Waals surface area contributed by atoms with E-state index in [1.165, 1.54) is 32.0 Å². The van der Waals surface area contributed by atoms with E-state index in [0.717, 1.165) is 16.5 Å². The first-order valence-corrected chi connectivity index (χ1v) is 9.52. The first-order chi connectivity index (χ1) is 13.4. The largest absolute Gasteiger partial charge is 0.470 e. The normalized spacial score (nSPS) is 13.9. The van der Waals surface area contributed by atoms with Crippen molar-refractivity contribution in [3.8, 4) is 24.2 Å². The number of nitrogens with zero attached hydrogens (tertiary/aromatic N) is 3. The third kappa shape index (κ3) is 4.93. The first kappa shape index (κ1) is 21.1. The zero-order valence-electron chi connectivity index (χ0n) is 16.0. The van der Waals surface area contributed by atoms with Crippen LogP contribution in [0.1, 0.15) is 18.1 Å². The molecule has 0 bridgehead atoms. The van der Waals surface area contributed by atoms with Crippen LogP contribution in [0.15, 0.2) is 29.6 Å². The van der Waals surface area contributed by atoms with Crippen LogP contribution in [0.25, 0.3) is 10.9 Å². The van der Waals surface area contributed by atoms with E-state index in [2.05, 4.69) is 26.2 Å². The van der Waals surface area contributed by atoms with Gasteiger partial charge in [0.2, 0.25) is 5.44 Å². The van der Waals surface area contributed by atoms with Crippen LogP contribution in [-0.2, 0) is 9.63 Å². The molecule has 0 aliphatic heterocycles. The van der Waals surface area contributed by atoms with Crippen LogP contribution >= 0.6 is 11.8 Å². The number of hydrogen-bond acceptors (Lipinski definition) is 7. The summed E-state index contributed by atoms with van der Waals surface area (Å²) in [7, 11) is 1.35. The number of benzene rings is 1. The highest BCUT2D eigenvalue weighted by Gasteiger charge is 2.29. The smallest absolute Gasteiger partial charge is 0.273 e. The molecule has 2 atom stereocenters. The number of pyridine rings is 1. The lowest BCUT2D eigenvalue weighted by atomic mass is 10.1. The second-order valence-electron chi connectivity index (χ2n) is 6.09. The van der Waals surface area contributed by atoms with Crippen LogP contribution in [-0.4, -0.2) is 41.4 Å². The van der Waals surface area contributed by atoms with Crippen molar-refractivity contribution in [1.82, 2.24) is 10.3 Å². The number of oxime groups is 1. The molecule has 1 amide bonds. The molecule has 1 N–H and O–H groups in total. The minimum atomic E-state index is -1.32. The lowest BCUT2D eigenvalue weighted by Gasteiger charge is -2.22. The van der Waals surface area contributed by atoms with Gasteiger partial charge < -0.3 is 14.9 Å². The Balaban J connectivity index is 2.26. The lowest BCUT2D eigenvalue weighted by Crippen LogP contribution is -2.50. The van der Waals surface area contributed by atoms with E-state index in [9.17, 15) is 10.1 Å². The summed E-state index contributed by atoms with van der Waals surface area (Å²) >= 11 is 1.20. The maximum atomic E-state index is 12.6. The van der Waals surface area contributed by atoms with Crippen LogP contribution in [0, 0.1) is 30.6 Å². The fraction of sp³-hybridized carbons (Fsp3) is 0.300. The lowest BCUT2D eigenvalue weighted by molar-refractivity contribution is -0.125. The highest BCUT2D eigenvalue weighted by atomic mass is 32.2. The Kier molecular flexibility index (Phi) is 6.86. The van der Waals surface area contributed by atoms with Crippen molar-refractivity contribution in [1.29, 1.82) is 5.26 Å². The molecule has 0 fully saturated rings. The number of rotatable bonds is 7. The summed E-state index contributed by atoms with van der Waals surface area (Å²) in [6.07, 6.45) is 10.0. The van der Waals surface area contributed by atoms with E-state index in [1.54, 1.807) is 24.6 Å². The number of amides is 1. The first-order valence-electron chi connectivity index (χ1n) is 8.23. The van der Waals surface area contributed by atoms with E-state index in [-0.39, 0.29) is 0 Å². The number of aromatic nitrogens is 1. The molecule has 0 aliphatic rings. The number of nitriles is 1. The van der Waals surface area contributed by atoms with Crippen molar-refractivity contribution in [2.75, 3.05) is 13.4 Å². The zero-order valence-corrected chi connectivity index (χ0v) is 16.8. The molecule has 0 saturated carbocycles. The van der Waals surface area contributed by atoms with E-state index < -0.39 is 16.9 Å². The molecule has 2 unspecified atom stereocenters. The average molecular weight is 396 g/mol. The van der Waals surface area contributed by atoms with Gasteiger partial charge in [-0.05, 0) is 43.9 Å². The van der Waals surface area contributed by atoms with E-state index in [0.29, 0.717) is 11.3 Å². The fourth-order valence-electron chi connectivity index (χ4n) is 2.44. The predicted octanol–water partition coefficient (Wildman–Crippen LogP) is 2.62. The van der Waals surface area contributed by atoms with Crippen LogP contribution in [0.2, 0.25) is 0 Å². The van der Waals surface area contributed by atoms with Crippen molar-refractivity contribution in [2.24, 2.45) is 5.16 Å². The van der Waals surface area contributed by atoms with E-state index >= 15 is 0 Å². The molecule has 144 valence electrons. The van der Waals surface area contributed by atoms with Crippen LogP contribution in [0.4, 0.5) is 0 Å². The topological polar surface area (TPSA) is 96.6 Å². The van der Waals surface area contributed by atoms with E-state index in [4.69, 9.17) is 11.2 Å². The average Bonchev–Trinajstić information content (AvgIpc) is 2.69. The van der Waals surface area contributed by atoms with Crippen molar-refractivity contribution >= 4 is 34.8 Å². The summed E-state index contributed by atoms with van der Waals surface area (Å²) in [5.41, 5.74) is 0.166. The van der Waals surface area contributed by atoms with Gasteiger partial charge >= 0.3 is 0 Å². The highest BCUT2D eigenvalue weighted by molar-refractivity contribution is 7.99. The molecule has 1 heterocycles. The molecule has 8 heteroatoms. The minimum absolute atomic E-state index is 0.465. The van der Waals surface area contributed by atoms with Gasteiger partial charge in [-0.3, -0.25) is 9.78 Å². The molecule has 2 aromatic rings. The summed E-state index contributed by atoms with van der Waals surface area (Å²) in [6.45, 7) is 3.41. The third-order valence-corrected chi connectivity index (χ3v) is 4.56. The summed E-state index contributed by atoms with van der Waals surface area (Å²) < 4.78 is 5.87. The monoisotopic (exact) mass is 396 g/mol. The molecular weight excluding hydrogens is 376 g/mol. The number of fused-ring (bicyclic) bond motifs is 1. The maximum absolute atomic E-state index is 12.6. The fourth-order valence-corrected chi connectivity index (χ4v) is 2.92. The maximum Gasteiger partial charge on any atom is 0.273 e. The molecule has 1 aromatic carbocycles. The summed E-state index contributed by atoms with van der Waals surface area (Å²) in [4.78, 5) is 21.6. The van der Waals surface area contributed by atoms with Gasteiger partial charge in [-0.25, -0.2) is 0 Å². The molecule has 0 aliphatic carbocycles.